The molecule has 2 nitrogen and oxygen atoms in total. The normalized spacial score (nSPS) is 9.30. The molecule has 52 valence electrons. The van der Waals surface area contributed by atoms with Crippen LogP contribution in [-0.2, 0) is 0 Å². The molecule has 1 aromatic rings. The summed E-state index contributed by atoms with van der Waals surface area (Å²) < 4.78 is 12.2. The van der Waals surface area contributed by atoms with E-state index in [-0.39, 0.29) is 5.82 Å². The summed E-state index contributed by atoms with van der Waals surface area (Å²) in [4.78, 5) is 10.4. The van der Waals surface area contributed by atoms with E-state index in [1.54, 1.807) is 0 Å². The standard InChI is InChI=1S/C7H6FNO/c8-6-3-1-5(2-4-6)7(9)10/h1-4H,(H2,9,10)/i8-1. The fourth-order valence-electron chi connectivity index (χ4n) is 0.614. The van der Waals surface area contributed by atoms with Crippen molar-refractivity contribution in [2.75, 3.05) is 0 Å². The Hall–Kier alpha value is -1.38. The van der Waals surface area contributed by atoms with E-state index in [0.717, 1.165) is 0 Å². The molecule has 0 bridgehead atoms. The number of nitrogens with two attached hydrogens (primary N) is 1. The number of carbonyl (C=O) groups excluding carboxylic acids is 1. The molecule has 0 aromatic heterocycles. The Morgan fingerprint density at radius 2 is 1.80 bits per heavy atom. The third kappa shape index (κ3) is 1.31. The van der Waals surface area contributed by atoms with Gasteiger partial charge in [-0.05, 0) is 24.3 Å². The molecule has 0 aliphatic rings. The lowest BCUT2D eigenvalue weighted by molar-refractivity contribution is 0.100. The monoisotopic (exact) mass is 138 g/mol. The average molecular weight is 138 g/mol. The molecule has 1 rings (SSSR count). The molecule has 10 heavy (non-hydrogen) atoms. The van der Waals surface area contributed by atoms with Gasteiger partial charge >= 0.3 is 0 Å². The highest BCUT2D eigenvalue weighted by Gasteiger charge is 1.97. The minimum Gasteiger partial charge on any atom is -0.366 e. The molecule has 0 atom stereocenters. The highest BCUT2D eigenvalue weighted by molar-refractivity contribution is 5.92. The molecule has 1 amide bonds. The zero-order chi connectivity index (χ0) is 7.56. The van der Waals surface area contributed by atoms with Crippen LogP contribution in [0.15, 0.2) is 24.3 Å². The van der Waals surface area contributed by atoms with Crippen LogP contribution in [0.2, 0.25) is 0 Å². The van der Waals surface area contributed by atoms with Crippen molar-refractivity contribution in [2.24, 2.45) is 5.73 Å². The first-order valence-electron chi connectivity index (χ1n) is 2.75. The number of amides is 1. The van der Waals surface area contributed by atoms with Crippen molar-refractivity contribution in [2.45, 2.75) is 0 Å². The lowest BCUT2D eigenvalue weighted by atomic mass is 10.2. The lowest BCUT2D eigenvalue weighted by Gasteiger charge is -1.91. The van der Waals surface area contributed by atoms with E-state index in [4.69, 9.17) is 5.73 Å². The first-order valence-corrected chi connectivity index (χ1v) is 2.75. The Labute approximate surface area is 57.5 Å². The molecule has 0 radical (unpaired) electrons. The third-order valence-corrected chi connectivity index (χ3v) is 1.13. The van der Waals surface area contributed by atoms with Gasteiger partial charge in [-0.15, -0.1) is 0 Å². The Morgan fingerprint density at radius 3 is 2.20 bits per heavy atom. The van der Waals surface area contributed by atoms with Gasteiger partial charge in [0, 0.05) is 5.56 Å². The summed E-state index contributed by atoms with van der Waals surface area (Å²) in [6, 6.07) is 5.08. The van der Waals surface area contributed by atoms with E-state index in [2.05, 4.69) is 0 Å². The summed E-state index contributed by atoms with van der Waals surface area (Å²) in [7, 11) is 0. The Balaban J connectivity index is 3.00. The molecule has 0 aliphatic heterocycles. The Morgan fingerprint density at radius 1 is 1.30 bits per heavy atom. The van der Waals surface area contributed by atoms with Crippen LogP contribution in [0.3, 0.4) is 0 Å². The van der Waals surface area contributed by atoms with Gasteiger partial charge in [-0.1, -0.05) is 0 Å². The first-order chi connectivity index (χ1) is 4.70. The second-order valence-corrected chi connectivity index (χ2v) is 1.87. The number of primary amides is 1. The van der Waals surface area contributed by atoms with Crippen LogP contribution in [0, 0.1) is 5.82 Å². The number of rotatable bonds is 1. The van der Waals surface area contributed by atoms with Gasteiger partial charge in [-0.25, -0.2) is 4.39 Å². The molecule has 0 aliphatic carbocycles. The zero-order valence-corrected chi connectivity index (χ0v) is 5.17. The predicted octanol–water partition coefficient (Wildman–Crippen LogP) is 0.925. The minimum absolute atomic E-state index is 0.321. The van der Waals surface area contributed by atoms with Crippen molar-refractivity contribution >= 4 is 5.91 Å². The predicted molar refractivity (Wildman–Crippen MR) is 34.9 cm³/mol. The van der Waals surface area contributed by atoms with Crippen molar-refractivity contribution in [1.82, 2.24) is 0 Å². The number of halogens is 1. The summed E-state index contributed by atoms with van der Waals surface area (Å²) in [5.74, 6) is -0.912. The second-order valence-electron chi connectivity index (χ2n) is 1.87. The molecule has 0 spiro atoms. The van der Waals surface area contributed by atoms with Crippen LogP contribution >= 0.6 is 0 Å². The molecular weight excluding hydrogens is 132 g/mol. The molecule has 0 fully saturated rings. The summed E-state index contributed by atoms with van der Waals surface area (Å²) >= 11 is 0. The van der Waals surface area contributed by atoms with Crippen molar-refractivity contribution in [1.29, 1.82) is 0 Å². The molecule has 0 saturated heterocycles. The molecular formula is C7H6FNO. The summed E-state index contributed by atoms with van der Waals surface area (Å²) in [5.41, 5.74) is 5.22. The van der Waals surface area contributed by atoms with Crippen LogP contribution in [0.1, 0.15) is 10.4 Å². The maximum absolute atomic E-state index is 12.2. The smallest absolute Gasteiger partial charge is 0.248 e. The molecule has 3 heteroatoms. The minimum atomic E-state index is -0.542. The van der Waals surface area contributed by atoms with Gasteiger partial charge in [0.05, 0.1) is 0 Å². The van der Waals surface area contributed by atoms with E-state index in [1.807, 2.05) is 0 Å². The molecule has 1 aromatic carbocycles. The highest BCUT2D eigenvalue weighted by atomic mass is 18.2. The van der Waals surface area contributed by atoms with E-state index in [1.165, 1.54) is 24.3 Å². The zero-order valence-electron chi connectivity index (χ0n) is 5.17. The Kier molecular flexibility index (Phi) is 1.67. The van der Waals surface area contributed by atoms with Crippen LogP contribution in [0.5, 0.6) is 0 Å². The van der Waals surface area contributed by atoms with Crippen LogP contribution in [0.25, 0.3) is 0 Å². The summed E-state index contributed by atoms with van der Waals surface area (Å²) in [6.45, 7) is 0. The van der Waals surface area contributed by atoms with Crippen molar-refractivity contribution in [3.05, 3.63) is 35.6 Å². The van der Waals surface area contributed by atoms with Gasteiger partial charge in [-0.3, -0.25) is 4.79 Å². The van der Waals surface area contributed by atoms with Gasteiger partial charge in [0.2, 0.25) is 5.91 Å². The Bertz CT molecular complexity index is 242. The number of carbonyl (C=O) groups is 1. The molecule has 0 unspecified atom stereocenters. The topological polar surface area (TPSA) is 43.1 Å². The summed E-state index contributed by atoms with van der Waals surface area (Å²) in [5, 5.41) is 0. The van der Waals surface area contributed by atoms with Crippen LogP contribution in [-0.4, -0.2) is 5.91 Å². The largest absolute Gasteiger partial charge is 0.366 e. The van der Waals surface area contributed by atoms with E-state index >= 15 is 0 Å². The molecule has 0 saturated carbocycles. The van der Waals surface area contributed by atoms with Gasteiger partial charge in [-0.2, -0.15) is 0 Å². The molecule has 0 heterocycles. The van der Waals surface area contributed by atoms with Crippen LogP contribution in [0.4, 0.5) is 4.39 Å². The van der Waals surface area contributed by atoms with Crippen LogP contribution < -0.4 is 5.73 Å². The maximum Gasteiger partial charge on any atom is 0.248 e. The van der Waals surface area contributed by atoms with Crippen molar-refractivity contribution < 1.29 is 9.18 Å². The van der Waals surface area contributed by atoms with Gasteiger partial charge in [0.25, 0.3) is 0 Å². The second kappa shape index (κ2) is 2.47. The lowest BCUT2D eigenvalue weighted by Crippen LogP contribution is -2.10. The first kappa shape index (κ1) is 6.74. The fourth-order valence-corrected chi connectivity index (χ4v) is 0.614. The van der Waals surface area contributed by atoms with Crippen molar-refractivity contribution in [3.8, 4) is 0 Å². The SMILES string of the molecule is NC(=O)c1ccc([18F])cc1. The number of hydrogen-bond donors (Lipinski definition) is 1. The van der Waals surface area contributed by atoms with E-state index in [9.17, 15) is 9.18 Å². The maximum atomic E-state index is 12.2. The quantitative estimate of drug-likeness (QED) is 0.616. The number of hydrogen-bond acceptors (Lipinski definition) is 1. The highest BCUT2D eigenvalue weighted by Crippen LogP contribution is 2.00. The van der Waals surface area contributed by atoms with Gasteiger partial charge in [0.15, 0.2) is 0 Å². The number of benzene rings is 1. The van der Waals surface area contributed by atoms with Gasteiger partial charge in [0.1, 0.15) is 5.82 Å². The average Bonchev–Trinajstić information content (AvgIpc) is 1.88. The van der Waals surface area contributed by atoms with Crippen molar-refractivity contribution in [3.63, 3.8) is 0 Å². The molecule has 2 N–H and O–H groups in total. The fraction of sp³-hybridized carbons (Fsp3) is 0. The van der Waals surface area contributed by atoms with Gasteiger partial charge < -0.3 is 5.73 Å². The van der Waals surface area contributed by atoms with E-state index in [0.29, 0.717) is 5.56 Å². The van der Waals surface area contributed by atoms with E-state index < -0.39 is 5.91 Å². The summed E-state index contributed by atoms with van der Waals surface area (Å²) in [6.07, 6.45) is 0. The third-order valence-electron chi connectivity index (χ3n) is 1.13.